The number of nitrogens with zero attached hydrogens (tertiary/aromatic N) is 4. The Hall–Kier alpha value is -5.69. The van der Waals surface area contributed by atoms with Crippen LogP contribution < -0.4 is 11.5 Å². The van der Waals surface area contributed by atoms with Gasteiger partial charge in [0, 0.05) is 42.8 Å². The molecule has 0 unspecified atom stereocenters. The molecule has 4 aromatic rings. The number of hydrogen-bond acceptors (Lipinski definition) is 7. The lowest BCUT2D eigenvalue weighted by atomic mass is 10.1. The Balaban J connectivity index is 1.43. The van der Waals surface area contributed by atoms with E-state index in [9.17, 15) is 29.1 Å². The summed E-state index contributed by atoms with van der Waals surface area (Å²) >= 11 is 0. The third-order valence-electron chi connectivity index (χ3n) is 9.19. The zero-order valence-electron chi connectivity index (χ0n) is 28.6. The lowest BCUT2D eigenvalue weighted by Gasteiger charge is -2.32. The minimum atomic E-state index is -0.704. The van der Waals surface area contributed by atoms with Crippen molar-refractivity contribution in [3.05, 3.63) is 102 Å². The maximum Gasteiger partial charge on any atom is 0.242 e. The van der Waals surface area contributed by atoms with Crippen LogP contribution in [0, 0.1) is 0 Å². The van der Waals surface area contributed by atoms with E-state index in [4.69, 9.17) is 11.5 Å². The molecule has 1 aliphatic rings. The van der Waals surface area contributed by atoms with Gasteiger partial charge in [0.2, 0.25) is 29.5 Å². The van der Waals surface area contributed by atoms with E-state index in [2.05, 4.69) is 4.98 Å². The van der Waals surface area contributed by atoms with Gasteiger partial charge in [0.15, 0.2) is 0 Å². The van der Waals surface area contributed by atoms with Gasteiger partial charge < -0.3 is 41.2 Å². The monoisotopic (exact) mass is 695 g/mol. The normalized spacial score (nSPS) is 12.8. The van der Waals surface area contributed by atoms with Gasteiger partial charge in [0.25, 0.3) is 0 Å². The summed E-state index contributed by atoms with van der Waals surface area (Å²) in [6.07, 6.45) is 5.23. The fourth-order valence-electron chi connectivity index (χ4n) is 6.50. The van der Waals surface area contributed by atoms with E-state index in [1.54, 1.807) is 18.3 Å². The number of aromatic nitrogens is 1. The number of para-hydroxylation sites is 1. The standard InChI is InChI=1S/C38H45N7O6/c39-18-35(48)45(30-10-4-5-11-30)26-38(51)44(22-29-19-41-33-13-7-6-12-32(29)33)25-37(50)43(21-28-14-16-31(46)17-15-28)24-36(49)42(23-34(40)47)20-27-8-2-1-3-9-27/h1-3,6-9,12-17,19,30,41,46H,4-5,10-11,18,20-26,39H2,(H2,40,47). The Morgan fingerprint density at radius 2 is 1.22 bits per heavy atom. The lowest BCUT2D eigenvalue weighted by molar-refractivity contribution is -0.147. The highest BCUT2D eigenvalue weighted by atomic mass is 16.3. The molecular formula is C38H45N7O6. The van der Waals surface area contributed by atoms with E-state index < -0.39 is 36.7 Å². The molecule has 0 saturated heterocycles. The van der Waals surface area contributed by atoms with Gasteiger partial charge in [-0.2, -0.15) is 0 Å². The molecule has 0 atom stereocenters. The van der Waals surface area contributed by atoms with E-state index in [1.807, 2.05) is 54.6 Å². The number of H-pyrrole nitrogens is 1. The molecule has 1 fully saturated rings. The quantitative estimate of drug-likeness (QED) is 0.139. The number of carbonyl (C=O) groups is 5. The number of fused-ring (bicyclic) bond motifs is 1. The smallest absolute Gasteiger partial charge is 0.242 e. The summed E-state index contributed by atoms with van der Waals surface area (Å²) < 4.78 is 0. The maximum absolute atomic E-state index is 14.3. The van der Waals surface area contributed by atoms with Crippen LogP contribution in [0.3, 0.4) is 0 Å². The predicted molar refractivity (Wildman–Crippen MR) is 191 cm³/mol. The number of aromatic amines is 1. The molecule has 5 amide bonds. The number of amides is 5. The number of hydrogen-bond donors (Lipinski definition) is 4. The highest BCUT2D eigenvalue weighted by Crippen LogP contribution is 2.25. The van der Waals surface area contributed by atoms with Gasteiger partial charge in [-0.15, -0.1) is 0 Å². The van der Waals surface area contributed by atoms with Crippen LogP contribution in [0.25, 0.3) is 10.9 Å². The third kappa shape index (κ3) is 9.94. The number of phenols is 1. The first-order valence-corrected chi connectivity index (χ1v) is 17.1. The summed E-state index contributed by atoms with van der Waals surface area (Å²) in [5, 5.41) is 10.7. The molecule has 3 aromatic carbocycles. The number of nitrogens with one attached hydrogen (secondary N) is 1. The van der Waals surface area contributed by atoms with Crippen molar-refractivity contribution in [1.82, 2.24) is 24.6 Å². The van der Waals surface area contributed by atoms with Crippen molar-refractivity contribution in [3.8, 4) is 5.75 Å². The number of aromatic hydroxyl groups is 1. The fraction of sp³-hybridized carbons (Fsp3) is 0.342. The molecule has 0 radical (unpaired) electrons. The van der Waals surface area contributed by atoms with Crippen LogP contribution in [0.2, 0.25) is 0 Å². The van der Waals surface area contributed by atoms with Crippen molar-refractivity contribution in [2.45, 2.75) is 51.4 Å². The van der Waals surface area contributed by atoms with Crippen LogP contribution in [0.15, 0.2) is 85.1 Å². The molecule has 1 aromatic heterocycles. The Morgan fingerprint density at radius 3 is 1.84 bits per heavy atom. The van der Waals surface area contributed by atoms with Crippen LogP contribution in [0.1, 0.15) is 42.4 Å². The van der Waals surface area contributed by atoms with Gasteiger partial charge in [0.1, 0.15) is 25.4 Å². The Morgan fingerprint density at radius 1 is 0.667 bits per heavy atom. The number of rotatable bonds is 16. The number of benzene rings is 3. The topological polar surface area (TPSA) is 186 Å². The second-order valence-electron chi connectivity index (χ2n) is 12.9. The molecule has 1 heterocycles. The van der Waals surface area contributed by atoms with Crippen LogP contribution >= 0.6 is 0 Å². The van der Waals surface area contributed by atoms with Crippen molar-refractivity contribution >= 4 is 40.4 Å². The summed E-state index contributed by atoms with van der Waals surface area (Å²) in [5.74, 6) is -2.47. The van der Waals surface area contributed by atoms with Crippen LogP contribution in [-0.4, -0.2) is 98.0 Å². The zero-order chi connectivity index (χ0) is 36.3. The summed E-state index contributed by atoms with van der Waals surface area (Å²) in [6.45, 7) is -1.49. The highest BCUT2D eigenvalue weighted by Gasteiger charge is 2.31. The van der Waals surface area contributed by atoms with Crippen molar-refractivity contribution in [1.29, 1.82) is 0 Å². The SMILES string of the molecule is NCC(=O)N(CC(=O)N(CC(=O)N(CC(=O)N(CC(N)=O)Cc1ccccc1)Cc1ccc(O)cc1)Cc1c[nH]c2ccccc12)C1CCCC1. The molecule has 51 heavy (non-hydrogen) atoms. The van der Waals surface area contributed by atoms with Crippen molar-refractivity contribution in [2.75, 3.05) is 32.7 Å². The third-order valence-corrected chi connectivity index (χ3v) is 9.19. The molecule has 13 heteroatoms. The van der Waals surface area contributed by atoms with Crippen molar-refractivity contribution < 1.29 is 29.1 Å². The molecule has 13 nitrogen and oxygen atoms in total. The molecule has 0 aliphatic heterocycles. The van der Waals surface area contributed by atoms with Crippen molar-refractivity contribution in [2.24, 2.45) is 11.5 Å². The largest absolute Gasteiger partial charge is 0.508 e. The Labute approximate surface area is 296 Å². The van der Waals surface area contributed by atoms with E-state index >= 15 is 0 Å². The van der Waals surface area contributed by atoms with Crippen LogP contribution in [0.5, 0.6) is 5.75 Å². The Kier molecular flexibility index (Phi) is 12.4. The first kappa shape index (κ1) is 36.6. The van der Waals surface area contributed by atoms with Crippen LogP contribution in [0.4, 0.5) is 0 Å². The fourth-order valence-corrected chi connectivity index (χ4v) is 6.50. The number of nitrogens with two attached hydrogens (primary N) is 2. The average molecular weight is 696 g/mol. The van der Waals surface area contributed by atoms with Gasteiger partial charge in [-0.25, -0.2) is 0 Å². The van der Waals surface area contributed by atoms with E-state index in [0.29, 0.717) is 5.56 Å². The zero-order valence-corrected chi connectivity index (χ0v) is 28.6. The van der Waals surface area contributed by atoms with E-state index in [-0.39, 0.29) is 57.0 Å². The molecule has 268 valence electrons. The number of phenolic OH excluding ortho intramolecular Hbond substituents is 1. The van der Waals surface area contributed by atoms with Crippen molar-refractivity contribution in [3.63, 3.8) is 0 Å². The first-order valence-electron chi connectivity index (χ1n) is 17.1. The Bertz CT molecular complexity index is 1820. The predicted octanol–water partition coefficient (Wildman–Crippen LogP) is 2.47. The van der Waals surface area contributed by atoms with Gasteiger partial charge in [-0.05, 0) is 47.7 Å². The lowest BCUT2D eigenvalue weighted by Crippen LogP contribution is -2.51. The average Bonchev–Trinajstić information content (AvgIpc) is 3.81. The number of carbonyl (C=O) groups excluding carboxylic acids is 5. The molecule has 6 N–H and O–H groups in total. The molecule has 1 saturated carbocycles. The summed E-state index contributed by atoms with van der Waals surface area (Å²) in [7, 11) is 0. The minimum absolute atomic E-state index is 0.0183. The van der Waals surface area contributed by atoms with Gasteiger partial charge in [-0.3, -0.25) is 24.0 Å². The maximum atomic E-state index is 14.3. The molecule has 0 bridgehead atoms. The molecule has 5 rings (SSSR count). The second-order valence-corrected chi connectivity index (χ2v) is 12.9. The first-order chi connectivity index (χ1) is 24.6. The van der Waals surface area contributed by atoms with Gasteiger partial charge in [-0.1, -0.05) is 73.5 Å². The minimum Gasteiger partial charge on any atom is -0.508 e. The summed E-state index contributed by atoms with van der Waals surface area (Å²) in [5.41, 5.74) is 14.3. The van der Waals surface area contributed by atoms with Gasteiger partial charge in [0.05, 0.1) is 13.1 Å². The molecule has 0 spiro atoms. The summed E-state index contributed by atoms with van der Waals surface area (Å²) in [6, 6.07) is 22.8. The van der Waals surface area contributed by atoms with E-state index in [0.717, 1.165) is 47.7 Å². The summed E-state index contributed by atoms with van der Waals surface area (Å²) in [4.78, 5) is 76.0. The van der Waals surface area contributed by atoms with Gasteiger partial charge >= 0.3 is 0 Å². The second kappa shape index (κ2) is 17.3. The number of primary amides is 1. The highest BCUT2D eigenvalue weighted by molar-refractivity contribution is 5.92. The molecule has 1 aliphatic carbocycles. The van der Waals surface area contributed by atoms with E-state index in [1.165, 1.54) is 31.7 Å². The molecular weight excluding hydrogens is 650 g/mol. The van der Waals surface area contributed by atoms with Crippen LogP contribution in [-0.2, 0) is 43.6 Å².